The Kier molecular flexibility index (Phi) is 8.06. The van der Waals surface area contributed by atoms with E-state index in [1.807, 2.05) is 12.3 Å². The molecule has 0 aromatic carbocycles. The van der Waals surface area contributed by atoms with E-state index in [-0.39, 0.29) is 30.7 Å². The van der Waals surface area contributed by atoms with Crippen molar-refractivity contribution in [1.29, 1.82) is 0 Å². The predicted octanol–water partition coefficient (Wildman–Crippen LogP) is 2.07. The zero-order valence-corrected chi connectivity index (χ0v) is 20.2. The van der Waals surface area contributed by atoms with E-state index in [2.05, 4.69) is 20.1 Å². The van der Waals surface area contributed by atoms with Gasteiger partial charge in [-0.15, -0.1) is 0 Å². The van der Waals surface area contributed by atoms with Gasteiger partial charge in [0.25, 0.3) is 0 Å². The number of hydrogen-bond donors (Lipinski definition) is 1. The van der Waals surface area contributed by atoms with Crippen molar-refractivity contribution >= 4 is 17.6 Å². The molecule has 3 aliphatic rings. The van der Waals surface area contributed by atoms with Crippen molar-refractivity contribution in [2.45, 2.75) is 57.4 Å². The SMILES string of the molecule is CN(C)C(=O)CCC(=O)NC1CCC(CCN2CCN(c3nccc4c3CCO4)CC2)CC1. The molecule has 8 heteroatoms. The van der Waals surface area contributed by atoms with Crippen LogP contribution in [-0.4, -0.2) is 86.1 Å². The number of nitrogens with one attached hydrogen (secondary N) is 1. The second-order valence-corrected chi connectivity index (χ2v) is 9.90. The number of pyridine rings is 1. The molecular formula is C25H39N5O3. The molecule has 1 saturated heterocycles. The molecule has 0 bridgehead atoms. The maximum atomic E-state index is 12.1. The van der Waals surface area contributed by atoms with E-state index >= 15 is 0 Å². The van der Waals surface area contributed by atoms with Crippen LogP contribution < -0.4 is 15.0 Å². The Labute approximate surface area is 197 Å². The summed E-state index contributed by atoms with van der Waals surface area (Å²) in [5.41, 5.74) is 1.28. The summed E-state index contributed by atoms with van der Waals surface area (Å²) in [6, 6.07) is 2.25. The predicted molar refractivity (Wildman–Crippen MR) is 129 cm³/mol. The third-order valence-electron chi connectivity index (χ3n) is 7.40. The second kappa shape index (κ2) is 11.2. The van der Waals surface area contributed by atoms with Crippen molar-refractivity contribution in [3.8, 4) is 5.75 Å². The molecule has 2 aliphatic heterocycles. The van der Waals surface area contributed by atoms with Gasteiger partial charge in [0.15, 0.2) is 0 Å². The lowest BCUT2D eigenvalue weighted by Gasteiger charge is -2.37. The van der Waals surface area contributed by atoms with Crippen molar-refractivity contribution in [2.24, 2.45) is 5.92 Å². The highest BCUT2D eigenvalue weighted by Crippen LogP contribution is 2.32. The maximum absolute atomic E-state index is 12.1. The standard InChI is InChI=1S/C25H39N5O3/c1-28(2)24(32)8-7-23(31)27-20-5-3-19(4-6-20)10-13-29-14-16-30(17-15-29)25-21-11-18-33-22(21)9-12-26-25/h9,12,19-20H,3-8,10-11,13-18H2,1-2H3,(H,27,31). The first kappa shape index (κ1) is 23.8. The molecule has 1 saturated carbocycles. The lowest BCUT2D eigenvalue weighted by Crippen LogP contribution is -2.47. The molecule has 1 aliphatic carbocycles. The van der Waals surface area contributed by atoms with Crippen LogP contribution in [0.4, 0.5) is 5.82 Å². The van der Waals surface area contributed by atoms with Crippen molar-refractivity contribution in [3.05, 3.63) is 17.8 Å². The maximum Gasteiger partial charge on any atom is 0.222 e. The van der Waals surface area contributed by atoms with E-state index in [9.17, 15) is 9.59 Å². The van der Waals surface area contributed by atoms with Gasteiger partial charge in [-0.1, -0.05) is 0 Å². The Balaban J connectivity index is 1.11. The highest BCUT2D eigenvalue weighted by molar-refractivity contribution is 5.83. The van der Waals surface area contributed by atoms with Crippen LogP contribution in [0.3, 0.4) is 0 Å². The normalized spacial score (nSPS) is 23.0. The molecule has 1 N–H and O–H groups in total. The minimum absolute atomic E-state index is 0.00708. The number of aromatic nitrogens is 1. The van der Waals surface area contributed by atoms with Crippen LogP contribution in [0.5, 0.6) is 5.75 Å². The van der Waals surface area contributed by atoms with Crippen LogP contribution in [0.15, 0.2) is 12.3 Å². The van der Waals surface area contributed by atoms with Crippen molar-refractivity contribution in [2.75, 3.05) is 58.3 Å². The Hall–Kier alpha value is -2.35. The summed E-state index contributed by atoms with van der Waals surface area (Å²) < 4.78 is 5.70. The number of carbonyl (C=O) groups excluding carboxylic acids is 2. The monoisotopic (exact) mass is 457 g/mol. The molecule has 1 aromatic rings. The second-order valence-electron chi connectivity index (χ2n) is 9.90. The van der Waals surface area contributed by atoms with Gasteiger partial charge in [0.2, 0.25) is 11.8 Å². The lowest BCUT2D eigenvalue weighted by molar-refractivity contribution is -0.131. The van der Waals surface area contributed by atoms with Crippen LogP contribution in [-0.2, 0) is 16.0 Å². The van der Waals surface area contributed by atoms with Gasteiger partial charge < -0.3 is 19.9 Å². The Morgan fingerprint density at radius 3 is 2.61 bits per heavy atom. The molecule has 33 heavy (non-hydrogen) atoms. The quantitative estimate of drug-likeness (QED) is 0.644. The van der Waals surface area contributed by atoms with Crippen molar-refractivity contribution in [1.82, 2.24) is 20.1 Å². The number of fused-ring (bicyclic) bond motifs is 1. The Morgan fingerprint density at radius 2 is 1.88 bits per heavy atom. The first-order valence-corrected chi connectivity index (χ1v) is 12.6. The third kappa shape index (κ3) is 6.37. The lowest BCUT2D eigenvalue weighted by atomic mass is 9.84. The van der Waals surface area contributed by atoms with Gasteiger partial charge in [-0.3, -0.25) is 14.5 Å². The van der Waals surface area contributed by atoms with E-state index in [1.54, 1.807) is 14.1 Å². The van der Waals surface area contributed by atoms with Crippen LogP contribution in [0.2, 0.25) is 0 Å². The number of anilines is 1. The third-order valence-corrected chi connectivity index (χ3v) is 7.40. The van der Waals surface area contributed by atoms with Gasteiger partial charge in [0.05, 0.1) is 6.61 Å². The Morgan fingerprint density at radius 1 is 1.12 bits per heavy atom. The van der Waals surface area contributed by atoms with E-state index in [0.29, 0.717) is 0 Å². The smallest absolute Gasteiger partial charge is 0.222 e. The summed E-state index contributed by atoms with van der Waals surface area (Å²) in [5, 5.41) is 3.14. The fourth-order valence-corrected chi connectivity index (χ4v) is 5.26. The van der Waals surface area contributed by atoms with Crippen LogP contribution >= 0.6 is 0 Å². The highest BCUT2D eigenvalue weighted by atomic mass is 16.5. The van der Waals surface area contributed by atoms with Crippen molar-refractivity contribution < 1.29 is 14.3 Å². The molecule has 3 heterocycles. The minimum atomic E-state index is 0.00708. The van der Waals surface area contributed by atoms with Crippen LogP contribution in [0, 0.1) is 5.92 Å². The summed E-state index contributed by atoms with van der Waals surface area (Å²) in [4.78, 5) is 35.0. The van der Waals surface area contributed by atoms with Gasteiger partial charge in [0.1, 0.15) is 11.6 Å². The Bertz CT molecular complexity index is 814. The number of nitrogens with zero attached hydrogens (tertiary/aromatic N) is 4. The fraction of sp³-hybridized carbons (Fsp3) is 0.720. The molecule has 0 radical (unpaired) electrons. The van der Waals surface area contributed by atoms with E-state index < -0.39 is 0 Å². The minimum Gasteiger partial charge on any atom is -0.493 e. The van der Waals surface area contributed by atoms with Crippen molar-refractivity contribution in [3.63, 3.8) is 0 Å². The number of ether oxygens (including phenoxy) is 1. The van der Waals surface area contributed by atoms with E-state index in [0.717, 1.165) is 76.1 Å². The van der Waals surface area contributed by atoms with Gasteiger partial charge in [-0.25, -0.2) is 4.98 Å². The summed E-state index contributed by atoms with van der Waals surface area (Å²) in [7, 11) is 3.45. The molecule has 0 spiro atoms. The molecule has 4 rings (SSSR count). The number of hydrogen-bond acceptors (Lipinski definition) is 6. The van der Waals surface area contributed by atoms with Gasteiger partial charge in [0, 0.05) is 77.3 Å². The zero-order chi connectivity index (χ0) is 23.2. The zero-order valence-electron chi connectivity index (χ0n) is 20.2. The molecule has 2 fully saturated rings. The van der Waals surface area contributed by atoms with Crippen LogP contribution in [0.1, 0.15) is 50.5 Å². The summed E-state index contributed by atoms with van der Waals surface area (Å²) >= 11 is 0. The van der Waals surface area contributed by atoms with E-state index in [4.69, 9.17) is 4.74 Å². The summed E-state index contributed by atoms with van der Waals surface area (Å²) in [5.74, 6) is 2.90. The number of piperazine rings is 1. The molecule has 0 atom stereocenters. The average Bonchev–Trinajstić information content (AvgIpc) is 3.31. The molecular weight excluding hydrogens is 418 g/mol. The topological polar surface area (TPSA) is 78.0 Å². The first-order valence-electron chi connectivity index (χ1n) is 12.6. The van der Waals surface area contributed by atoms with Gasteiger partial charge in [-0.05, 0) is 50.6 Å². The highest BCUT2D eigenvalue weighted by Gasteiger charge is 2.26. The summed E-state index contributed by atoms with van der Waals surface area (Å²) in [6.07, 6.45) is 9.13. The fourth-order valence-electron chi connectivity index (χ4n) is 5.26. The number of rotatable bonds is 8. The van der Waals surface area contributed by atoms with E-state index in [1.165, 1.54) is 29.7 Å². The molecule has 0 unspecified atom stereocenters. The van der Waals surface area contributed by atoms with Gasteiger partial charge >= 0.3 is 0 Å². The van der Waals surface area contributed by atoms with Crippen LogP contribution in [0.25, 0.3) is 0 Å². The molecule has 182 valence electrons. The molecule has 8 nitrogen and oxygen atoms in total. The first-order chi connectivity index (χ1) is 16.0. The molecule has 1 aromatic heterocycles. The number of amides is 2. The summed E-state index contributed by atoms with van der Waals surface area (Å²) in [6.45, 7) is 6.16. The average molecular weight is 458 g/mol. The largest absolute Gasteiger partial charge is 0.493 e. The molecule has 2 amide bonds. The number of carbonyl (C=O) groups is 2. The van der Waals surface area contributed by atoms with Gasteiger partial charge in [-0.2, -0.15) is 0 Å².